The molecule has 106 valence electrons. The standard InChI is InChI=1S/C16H26N2O/c1-3-18-11-7-6-8-13(12-17)16(18)14-9-4-5-10-15(14)19-2/h4-5,9-10,13,16H,3,6-8,11-12,17H2,1-2H3. The second-order valence-electron chi connectivity index (χ2n) is 5.31. The van der Waals surface area contributed by atoms with E-state index in [1.54, 1.807) is 7.11 Å². The molecule has 1 aliphatic rings. The Morgan fingerprint density at radius 1 is 1.32 bits per heavy atom. The summed E-state index contributed by atoms with van der Waals surface area (Å²) in [6.07, 6.45) is 3.77. The lowest BCUT2D eigenvalue weighted by Crippen LogP contribution is -2.35. The molecule has 1 saturated heterocycles. The molecule has 3 nitrogen and oxygen atoms in total. The van der Waals surface area contributed by atoms with Crippen LogP contribution < -0.4 is 10.5 Å². The van der Waals surface area contributed by atoms with Gasteiger partial charge in [0.1, 0.15) is 5.75 Å². The van der Waals surface area contributed by atoms with Crippen molar-refractivity contribution in [1.29, 1.82) is 0 Å². The van der Waals surface area contributed by atoms with Crippen LogP contribution in [0.1, 0.15) is 37.8 Å². The predicted octanol–water partition coefficient (Wildman–Crippen LogP) is 2.82. The van der Waals surface area contributed by atoms with E-state index in [1.807, 2.05) is 6.07 Å². The molecule has 0 radical (unpaired) electrons. The first-order valence-corrected chi connectivity index (χ1v) is 7.38. The van der Waals surface area contributed by atoms with Crippen molar-refractivity contribution in [3.63, 3.8) is 0 Å². The lowest BCUT2D eigenvalue weighted by Gasteiger charge is -2.35. The highest BCUT2D eigenvalue weighted by atomic mass is 16.5. The van der Waals surface area contributed by atoms with Gasteiger partial charge >= 0.3 is 0 Å². The van der Waals surface area contributed by atoms with Crippen LogP contribution >= 0.6 is 0 Å². The van der Waals surface area contributed by atoms with Gasteiger partial charge in [-0.2, -0.15) is 0 Å². The minimum Gasteiger partial charge on any atom is -0.496 e. The van der Waals surface area contributed by atoms with Gasteiger partial charge < -0.3 is 10.5 Å². The van der Waals surface area contributed by atoms with Crippen LogP contribution in [0.3, 0.4) is 0 Å². The van der Waals surface area contributed by atoms with Gasteiger partial charge in [-0.1, -0.05) is 31.5 Å². The molecule has 3 heteroatoms. The Balaban J connectivity index is 2.39. The molecule has 0 aliphatic carbocycles. The summed E-state index contributed by atoms with van der Waals surface area (Å²) in [5, 5.41) is 0. The van der Waals surface area contributed by atoms with Gasteiger partial charge in [-0.15, -0.1) is 0 Å². The second-order valence-corrected chi connectivity index (χ2v) is 5.31. The molecule has 0 spiro atoms. The number of nitrogens with zero attached hydrogens (tertiary/aromatic N) is 1. The van der Waals surface area contributed by atoms with Crippen molar-refractivity contribution >= 4 is 0 Å². The van der Waals surface area contributed by atoms with Crippen molar-refractivity contribution in [1.82, 2.24) is 4.90 Å². The highest BCUT2D eigenvalue weighted by Gasteiger charge is 2.31. The normalized spacial score (nSPS) is 25.0. The van der Waals surface area contributed by atoms with E-state index in [0.717, 1.165) is 25.4 Å². The Bertz CT molecular complexity index is 380. The van der Waals surface area contributed by atoms with Gasteiger partial charge in [-0.25, -0.2) is 0 Å². The van der Waals surface area contributed by atoms with Crippen molar-refractivity contribution < 1.29 is 4.74 Å². The minimum absolute atomic E-state index is 0.397. The van der Waals surface area contributed by atoms with E-state index < -0.39 is 0 Å². The van der Waals surface area contributed by atoms with Crippen LogP contribution in [-0.2, 0) is 0 Å². The predicted molar refractivity (Wildman–Crippen MR) is 79.4 cm³/mol. The number of hydrogen-bond donors (Lipinski definition) is 1. The van der Waals surface area contributed by atoms with Gasteiger partial charge in [0.2, 0.25) is 0 Å². The van der Waals surface area contributed by atoms with E-state index >= 15 is 0 Å². The molecule has 2 rings (SSSR count). The molecule has 0 bridgehead atoms. The summed E-state index contributed by atoms with van der Waals surface area (Å²) >= 11 is 0. The summed E-state index contributed by atoms with van der Waals surface area (Å²) in [4.78, 5) is 2.56. The molecule has 2 atom stereocenters. The van der Waals surface area contributed by atoms with Crippen LogP contribution in [-0.4, -0.2) is 31.6 Å². The van der Waals surface area contributed by atoms with E-state index in [-0.39, 0.29) is 0 Å². The van der Waals surface area contributed by atoms with Crippen molar-refractivity contribution in [3.05, 3.63) is 29.8 Å². The summed E-state index contributed by atoms with van der Waals surface area (Å²) in [6, 6.07) is 8.78. The lowest BCUT2D eigenvalue weighted by molar-refractivity contribution is 0.163. The monoisotopic (exact) mass is 262 g/mol. The van der Waals surface area contributed by atoms with Crippen molar-refractivity contribution in [2.45, 2.75) is 32.2 Å². The molecule has 1 aromatic carbocycles. The molecule has 1 heterocycles. The van der Waals surface area contributed by atoms with Crippen molar-refractivity contribution in [3.8, 4) is 5.75 Å². The maximum atomic E-state index is 6.04. The Kier molecular flexibility index (Phi) is 5.23. The first-order valence-electron chi connectivity index (χ1n) is 7.38. The van der Waals surface area contributed by atoms with Crippen LogP contribution in [0, 0.1) is 5.92 Å². The van der Waals surface area contributed by atoms with E-state index in [0.29, 0.717) is 12.0 Å². The highest BCUT2D eigenvalue weighted by molar-refractivity contribution is 5.36. The number of benzene rings is 1. The topological polar surface area (TPSA) is 38.5 Å². The average Bonchev–Trinajstić information content (AvgIpc) is 2.68. The fourth-order valence-corrected chi connectivity index (χ4v) is 3.28. The summed E-state index contributed by atoms with van der Waals surface area (Å²) < 4.78 is 5.56. The van der Waals surface area contributed by atoms with E-state index in [4.69, 9.17) is 10.5 Å². The smallest absolute Gasteiger partial charge is 0.123 e. The molecule has 0 aromatic heterocycles. The first kappa shape index (κ1) is 14.4. The van der Waals surface area contributed by atoms with Gasteiger partial charge in [0.25, 0.3) is 0 Å². The van der Waals surface area contributed by atoms with Gasteiger partial charge in [0.05, 0.1) is 7.11 Å². The Labute approximate surface area is 116 Å². The molecule has 2 N–H and O–H groups in total. The molecule has 1 aliphatic heterocycles. The number of hydrogen-bond acceptors (Lipinski definition) is 3. The molecular weight excluding hydrogens is 236 g/mol. The quantitative estimate of drug-likeness (QED) is 0.907. The third-order valence-electron chi connectivity index (χ3n) is 4.28. The van der Waals surface area contributed by atoms with Crippen LogP contribution in [0.2, 0.25) is 0 Å². The number of nitrogens with two attached hydrogens (primary N) is 1. The largest absolute Gasteiger partial charge is 0.496 e. The first-order chi connectivity index (χ1) is 9.31. The zero-order chi connectivity index (χ0) is 13.7. The Morgan fingerprint density at radius 2 is 2.11 bits per heavy atom. The summed E-state index contributed by atoms with van der Waals surface area (Å²) in [5.41, 5.74) is 7.34. The molecule has 0 amide bonds. The average molecular weight is 262 g/mol. The number of para-hydroxylation sites is 1. The summed E-state index contributed by atoms with van der Waals surface area (Å²) in [7, 11) is 1.75. The van der Waals surface area contributed by atoms with Crippen LogP contribution in [0.15, 0.2) is 24.3 Å². The Hall–Kier alpha value is -1.06. The van der Waals surface area contributed by atoms with Crippen LogP contribution in [0.25, 0.3) is 0 Å². The molecule has 19 heavy (non-hydrogen) atoms. The van der Waals surface area contributed by atoms with Crippen LogP contribution in [0.5, 0.6) is 5.75 Å². The Morgan fingerprint density at radius 3 is 2.79 bits per heavy atom. The SMILES string of the molecule is CCN1CCCCC(CN)C1c1ccccc1OC. The van der Waals surface area contributed by atoms with Crippen molar-refractivity contribution in [2.24, 2.45) is 11.7 Å². The van der Waals surface area contributed by atoms with Crippen molar-refractivity contribution in [2.75, 3.05) is 26.7 Å². The summed E-state index contributed by atoms with van der Waals surface area (Å²) in [5.74, 6) is 1.52. The van der Waals surface area contributed by atoms with Gasteiger partial charge in [-0.05, 0) is 44.5 Å². The maximum Gasteiger partial charge on any atom is 0.123 e. The molecule has 1 aromatic rings. The minimum atomic E-state index is 0.397. The van der Waals surface area contributed by atoms with E-state index in [9.17, 15) is 0 Å². The number of ether oxygens (including phenoxy) is 1. The fourth-order valence-electron chi connectivity index (χ4n) is 3.28. The summed E-state index contributed by atoms with van der Waals surface area (Å²) in [6.45, 7) is 5.22. The van der Waals surface area contributed by atoms with E-state index in [2.05, 4.69) is 30.0 Å². The zero-order valence-electron chi connectivity index (χ0n) is 12.1. The van der Waals surface area contributed by atoms with Gasteiger partial charge in [-0.3, -0.25) is 4.90 Å². The number of likely N-dealkylation sites (tertiary alicyclic amines) is 1. The number of methoxy groups -OCH3 is 1. The molecular formula is C16H26N2O. The molecule has 0 saturated carbocycles. The fraction of sp³-hybridized carbons (Fsp3) is 0.625. The second kappa shape index (κ2) is 6.92. The third-order valence-corrected chi connectivity index (χ3v) is 4.28. The molecule has 2 unspecified atom stereocenters. The van der Waals surface area contributed by atoms with E-state index in [1.165, 1.54) is 24.8 Å². The zero-order valence-corrected chi connectivity index (χ0v) is 12.1. The lowest BCUT2D eigenvalue weighted by atomic mass is 9.88. The highest BCUT2D eigenvalue weighted by Crippen LogP contribution is 2.38. The van der Waals surface area contributed by atoms with Crippen LogP contribution in [0.4, 0.5) is 0 Å². The molecule has 1 fully saturated rings. The third kappa shape index (κ3) is 3.10. The number of rotatable bonds is 4. The maximum absolute atomic E-state index is 6.04. The van der Waals surface area contributed by atoms with Gasteiger partial charge in [0.15, 0.2) is 0 Å². The van der Waals surface area contributed by atoms with Gasteiger partial charge in [0, 0.05) is 11.6 Å².